The van der Waals surface area contributed by atoms with Crippen molar-refractivity contribution in [2.24, 2.45) is 0 Å². The van der Waals surface area contributed by atoms with E-state index in [1.807, 2.05) is 21.0 Å². The first-order valence-electron chi connectivity index (χ1n) is 9.24. The predicted octanol–water partition coefficient (Wildman–Crippen LogP) is 1.49. The van der Waals surface area contributed by atoms with Gasteiger partial charge in [0, 0.05) is 45.8 Å². The molecular weight excluding hydrogens is 361 g/mol. The van der Waals surface area contributed by atoms with Crippen LogP contribution in [-0.2, 0) is 0 Å². The highest BCUT2D eigenvalue weighted by Gasteiger charge is 2.27. The van der Waals surface area contributed by atoms with Crippen molar-refractivity contribution in [2.45, 2.75) is 19.9 Å². The molecule has 1 amide bonds. The quantitative estimate of drug-likeness (QED) is 0.850. The van der Waals surface area contributed by atoms with Gasteiger partial charge in [0.15, 0.2) is 5.82 Å². The van der Waals surface area contributed by atoms with E-state index in [9.17, 15) is 9.18 Å². The molecule has 1 fully saturated rings. The molecule has 1 saturated heterocycles. The first kappa shape index (κ1) is 19.9. The number of carbonyl (C=O) groups excluding carboxylic acids is 1. The number of nitrogen functional groups attached to an aromatic ring is 1. The van der Waals surface area contributed by atoms with Gasteiger partial charge in [-0.15, -0.1) is 0 Å². The maximum Gasteiger partial charge on any atom is 0.254 e. The van der Waals surface area contributed by atoms with Crippen molar-refractivity contribution >= 4 is 17.8 Å². The smallest absolute Gasteiger partial charge is 0.254 e. The third kappa shape index (κ3) is 4.19. The molecule has 1 unspecified atom stereocenters. The number of nitrogens with zero attached hydrogens (tertiary/aromatic N) is 6. The van der Waals surface area contributed by atoms with Gasteiger partial charge in [-0.05, 0) is 31.5 Å². The van der Waals surface area contributed by atoms with Gasteiger partial charge < -0.3 is 15.5 Å². The second-order valence-electron chi connectivity index (χ2n) is 7.21. The van der Waals surface area contributed by atoms with Crippen LogP contribution < -0.4 is 10.6 Å². The van der Waals surface area contributed by atoms with Crippen LogP contribution in [0.15, 0.2) is 18.2 Å². The number of piperazine rings is 1. The zero-order chi connectivity index (χ0) is 20.4. The number of hydrogen-bond acceptors (Lipinski definition) is 7. The van der Waals surface area contributed by atoms with Crippen molar-refractivity contribution < 1.29 is 9.18 Å². The minimum Gasteiger partial charge on any atom is -0.368 e. The van der Waals surface area contributed by atoms with Crippen LogP contribution in [-0.4, -0.2) is 70.9 Å². The Bertz CT molecular complexity index is 865. The van der Waals surface area contributed by atoms with E-state index in [-0.39, 0.29) is 23.7 Å². The summed E-state index contributed by atoms with van der Waals surface area (Å²) in [6.07, 6.45) is 0. The van der Waals surface area contributed by atoms with Crippen LogP contribution in [0, 0.1) is 12.7 Å². The van der Waals surface area contributed by atoms with E-state index < -0.39 is 0 Å². The average Bonchev–Trinajstić information content (AvgIpc) is 2.68. The standard InChI is InChI=1S/C19H26FN7O/c1-12-5-6-14(11-15(12)20)17(28)27-9-7-26(8-10-27)13(2)16-22-18(21)24-19(23-16)25(3)4/h5-6,11,13H,7-10H2,1-4H3,(H2,21,22,23,24). The van der Waals surface area contributed by atoms with Crippen LogP contribution in [0.25, 0.3) is 0 Å². The summed E-state index contributed by atoms with van der Waals surface area (Å²) in [6.45, 7) is 6.15. The third-order valence-electron chi connectivity index (χ3n) is 5.00. The molecule has 0 radical (unpaired) electrons. The molecule has 1 aromatic carbocycles. The summed E-state index contributed by atoms with van der Waals surface area (Å²) in [5.41, 5.74) is 6.73. The molecular formula is C19H26FN7O. The number of aromatic nitrogens is 3. The van der Waals surface area contributed by atoms with Gasteiger partial charge in [-0.3, -0.25) is 9.69 Å². The van der Waals surface area contributed by atoms with Gasteiger partial charge in [0.2, 0.25) is 11.9 Å². The van der Waals surface area contributed by atoms with E-state index in [0.717, 1.165) is 0 Å². The van der Waals surface area contributed by atoms with Gasteiger partial charge in [-0.2, -0.15) is 15.0 Å². The van der Waals surface area contributed by atoms with Crippen LogP contribution in [0.5, 0.6) is 0 Å². The minimum atomic E-state index is -0.359. The summed E-state index contributed by atoms with van der Waals surface area (Å²) >= 11 is 0. The van der Waals surface area contributed by atoms with Gasteiger partial charge in [0.05, 0.1) is 6.04 Å². The third-order valence-corrected chi connectivity index (χ3v) is 5.00. The zero-order valence-corrected chi connectivity index (χ0v) is 16.7. The van der Waals surface area contributed by atoms with Crippen molar-refractivity contribution in [1.82, 2.24) is 24.8 Å². The number of benzene rings is 1. The van der Waals surface area contributed by atoms with Crippen LogP contribution in [0.3, 0.4) is 0 Å². The molecule has 0 aliphatic carbocycles. The van der Waals surface area contributed by atoms with Crippen molar-refractivity contribution in [3.8, 4) is 0 Å². The van der Waals surface area contributed by atoms with E-state index in [1.54, 1.807) is 28.9 Å². The molecule has 3 rings (SSSR count). The van der Waals surface area contributed by atoms with Crippen LogP contribution in [0.4, 0.5) is 16.3 Å². The van der Waals surface area contributed by atoms with E-state index in [4.69, 9.17) is 5.73 Å². The van der Waals surface area contributed by atoms with Crippen LogP contribution >= 0.6 is 0 Å². The summed E-state index contributed by atoms with van der Waals surface area (Å²) in [5.74, 6) is 0.810. The average molecular weight is 387 g/mol. The number of halogens is 1. The van der Waals surface area contributed by atoms with Gasteiger partial charge in [-0.1, -0.05) is 6.07 Å². The topological polar surface area (TPSA) is 91.5 Å². The Morgan fingerprint density at radius 1 is 1.18 bits per heavy atom. The van der Waals surface area contributed by atoms with Crippen molar-refractivity contribution in [3.63, 3.8) is 0 Å². The summed E-state index contributed by atoms with van der Waals surface area (Å²) < 4.78 is 13.8. The monoisotopic (exact) mass is 387 g/mol. The highest BCUT2D eigenvalue weighted by Crippen LogP contribution is 2.21. The fraction of sp³-hybridized carbons (Fsp3) is 0.474. The summed E-state index contributed by atoms with van der Waals surface area (Å²) in [4.78, 5) is 31.3. The zero-order valence-electron chi connectivity index (χ0n) is 16.7. The highest BCUT2D eigenvalue weighted by atomic mass is 19.1. The van der Waals surface area contributed by atoms with Crippen molar-refractivity contribution in [2.75, 3.05) is 50.9 Å². The van der Waals surface area contributed by atoms with E-state index in [0.29, 0.717) is 49.1 Å². The minimum absolute atomic E-state index is 0.0573. The molecule has 9 heteroatoms. The summed E-state index contributed by atoms with van der Waals surface area (Å²) in [5, 5.41) is 0. The Labute approximate surface area is 164 Å². The molecule has 0 spiro atoms. The maximum absolute atomic E-state index is 13.8. The predicted molar refractivity (Wildman–Crippen MR) is 106 cm³/mol. The Kier molecular flexibility index (Phi) is 5.73. The lowest BCUT2D eigenvalue weighted by Crippen LogP contribution is -2.49. The van der Waals surface area contributed by atoms with E-state index >= 15 is 0 Å². The van der Waals surface area contributed by atoms with Gasteiger partial charge in [-0.25, -0.2) is 4.39 Å². The number of carbonyl (C=O) groups is 1. The maximum atomic E-state index is 13.8. The summed E-state index contributed by atoms with van der Waals surface area (Å²) in [7, 11) is 3.70. The molecule has 1 atom stereocenters. The van der Waals surface area contributed by atoms with Crippen LogP contribution in [0.1, 0.15) is 34.7 Å². The number of hydrogen-bond donors (Lipinski definition) is 1. The van der Waals surface area contributed by atoms with Crippen molar-refractivity contribution in [1.29, 1.82) is 0 Å². The largest absolute Gasteiger partial charge is 0.368 e. The molecule has 1 aliphatic heterocycles. The van der Waals surface area contributed by atoms with E-state index in [2.05, 4.69) is 19.9 Å². The number of rotatable bonds is 4. The molecule has 28 heavy (non-hydrogen) atoms. The molecule has 2 N–H and O–H groups in total. The molecule has 1 aliphatic rings. The molecule has 8 nitrogen and oxygen atoms in total. The first-order chi connectivity index (χ1) is 13.3. The van der Waals surface area contributed by atoms with Crippen molar-refractivity contribution in [3.05, 3.63) is 41.0 Å². The molecule has 0 saturated carbocycles. The molecule has 0 bridgehead atoms. The second-order valence-corrected chi connectivity index (χ2v) is 7.21. The lowest BCUT2D eigenvalue weighted by molar-refractivity contribution is 0.0575. The Morgan fingerprint density at radius 2 is 1.86 bits per heavy atom. The van der Waals surface area contributed by atoms with E-state index in [1.165, 1.54) is 6.07 Å². The SMILES string of the molecule is Cc1ccc(C(=O)N2CCN(C(C)c3nc(N)nc(N(C)C)n3)CC2)cc1F. The fourth-order valence-corrected chi connectivity index (χ4v) is 3.17. The number of nitrogens with two attached hydrogens (primary N) is 1. The lowest BCUT2D eigenvalue weighted by Gasteiger charge is -2.37. The molecule has 2 heterocycles. The fourth-order valence-electron chi connectivity index (χ4n) is 3.17. The lowest BCUT2D eigenvalue weighted by atomic mass is 10.1. The molecule has 150 valence electrons. The number of amides is 1. The Balaban J connectivity index is 1.66. The second kappa shape index (κ2) is 8.05. The Hall–Kier alpha value is -2.81. The van der Waals surface area contributed by atoms with Crippen LogP contribution in [0.2, 0.25) is 0 Å². The van der Waals surface area contributed by atoms with Gasteiger partial charge in [0.1, 0.15) is 5.82 Å². The number of anilines is 2. The molecule has 2 aromatic rings. The molecule has 1 aromatic heterocycles. The number of aryl methyl sites for hydroxylation is 1. The Morgan fingerprint density at radius 3 is 2.46 bits per heavy atom. The first-order valence-corrected chi connectivity index (χ1v) is 9.24. The van der Waals surface area contributed by atoms with Gasteiger partial charge >= 0.3 is 0 Å². The normalized spacial score (nSPS) is 16.1. The summed E-state index contributed by atoms with van der Waals surface area (Å²) in [6, 6.07) is 4.56. The van der Waals surface area contributed by atoms with Gasteiger partial charge in [0.25, 0.3) is 5.91 Å². The highest BCUT2D eigenvalue weighted by molar-refractivity contribution is 5.94.